The lowest BCUT2D eigenvalue weighted by molar-refractivity contribution is 0.0963. The van der Waals surface area contributed by atoms with Crippen molar-refractivity contribution in [2.45, 2.75) is 17.6 Å². The van der Waals surface area contributed by atoms with Crippen LogP contribution in [-0.2, 0) is 15.6 Å². The van der Waals surface area contributed by atoms with E-state index in [1.807, 2.05) is 0 Å². The highest BCUT2D eigenvalue weighted by Gasteiger charge is 2.21. The summed E-state index contributed by atoms with van der Waals surface area (Å²) in [5.41, 5.74) is 1.56. The second-order valence-electron chi connectivity index (χ2n) is 5.75. The third-order valence-electron chi connectivity index (χ3n) is 3.94. The highest BCUT2D eigenvalue weighted by molar-refractivity contribution is 7.90. The summed E-state index contributed by atoms with van der Waals surface area (Å²) in [5.74, 6) is 0.358. The highest BCUT2D eigenvalue weighted by Crippen LogP contribution is 2.25. The largest absolute Gasteiger partial charge is 0.441 e. The molecule has 134 valence electrons. The Bertz CT molecular complexity index is 1020. The number of hydrogen-bond acceptors (Lipinski definition) is 5. The van der Waals surface area contributed by atoms with Crippen molar-refractivity contribution in [2.24, 2.45) is 0 Å². The predicted octanol–water partition coefficient (Wildman–Crippen LogP) is 2.98. The van der Waals surface area contributed by atoms with Crippen LogP contribution in [0.5, 0.6) is 0 Å². The molecule has 0 bridgehead atoms. The number of rotatable bonds is 5. The van der Waals surface area contributed by atoms with Crippen LogP contribution in [0.3, 0.4) is 0 Å². The molecule has 0 saturated carbocycles. The first-order valence-corrected chi connectivity index (χ1v) is 9.62. The van der Waals surface area contributed by atoms with E-state index in [-0.39, 0.29) is 16.6 Å². The fourth-order valence-electron chi connectivity index (χ4n) is 2.49. The number of sulfone groups is 1. The molecule has 0 saturated heterocycles. The molecule has 0 aliphatic carbocycles. The van der Waals surface area contributed by atoms with Crippen LogP contribution in [0.1, 0.15) is 21.8 Å². The second-order valence-corrected chi connectivity index (χ2v) is 7.74. The minimum atomic E-state index is -3.50. The van der Waals surface area contributed by atoms with Gasteiger partial charge >= 0.3 is 0 Å². The third-order valence-corrected chi connectivity index (χ3v) is 5.59. The number of oxazole rings is 1. The smallest absolute Gasteiger partial charge is 0.251 e. The Morgan fingerprint density at radius 3 is 2.35 bits per heavy atom. The van der Waals surface area contributed by atoms with Crippen molar-refractivity contribution >= 4 is 15.7 Å². The standard InChI is InChI=1S/C19H18N2O4S/c1-13-17(12-26(23,24)16-6-4-3-5-7-16)21-19(25-13)15-10-8-14(9-11-15)18(22)20-2/h3-11H,12H2,1-2H3,(H,20,22). The SMILES string of the molecule is CNC(=O)c1ccc(-c2nc(CS(=O)(=O)c3ccccc3)c(C)o2)cc1. The molecule has 2 aromatic carbocycles. The maximum Gasteiger partial charge on any atom is 0.251 e. The van der Waals surface area contributed by atoms with Gasteiger partial charge in [0.2, 0.25) is 5.89 Å². The first kappa shape index (κ1) is 17.9. The number of aryl methyl sites for hydroxylation is 1. The highest BCUT2D eigenvalue weighted by atomic mass is 32.2. The molecule has 6 nitrogen and oxygen atoms in total. The van der Waals surface area contributed by atoms with E-state index in [1.54, 1.807) is 68.6 Å². The Labute approximate surface area is 151 Å². The van der Waals surface area contributed by atoms with Gasteiger partial charge in [0.25, 0.3) is 5.91 Å². The van der Waals surface area contributed by atoms with Crippen molar-refractivity contribution in [1.82, 2.24) is 10.3 Å². The lowest BCUT2D eigenvalue weighted by atomic mass is 10.1. The summed E-state index contributed by atoms with van der Waals surface area (Å²) in [6.45, 7) is 1.69. The first-order valence-electron chi connectivity index (χ1n) is 7.97. The van der Waals surface area contributed by atoms with Gasteiger partial charge in [-0.1, -0.05) is 18.2 Å². The molecule has 0 atom stereocenters. The van der Waals surface area contributed by atoms with Crippen LogP contribution in [0.15, 0.2) is 63.9 Å². The zero-order valence-electron chi connectivity index (χ0n) is 14.4. The van der Waals surface area contributed by atoms with E-state index in [4.69, 9.17) is 4.42 Å². The van der Waals surface area contributed by atoms with Gasteiger partial charge in [-0.2, -0.15) is 0 Å². The fourth-order valence-corrected chi connectivity index (χ4v) is 3.85. The van der Waals surface area contributed by atoms with Gasteiger partial charge in [-0.15, -0.1) is 0 Å². The number of nitrogens with one attached hydrogen (secondary N) is 1. The first-order chi connectivity index (χ1) is 12.4. The molecule has 0 spiro atoms. The van der Waals surface area contributed by atoms with Gasteiger partial charge in [0.05, 0.1) is 10.6 Å². The average molecular weight is 370 g/mol. The van der Waals surface area contributed by atoms with Crippen LogP contribution in [0.4, 0.5) is 0 Å². The average Bonchev–Trinajstić information content (AvgIpc) is 3.02. The number of carbonyl (C=O) groups is 1. The maximum absolute atomic E-state index is 12.5. The third kappa shape index (κ3) is 3.67. The van der Waals surface area contributed by atoms with E-state index in [2.05, 4.69) is 10.3 Å². The molecule has 0 fully saturated rings. The zero-order valence-corrected chi connectivity index (χ0v) is 15.2. The van der Waals surface area contributed by atoms with Gasteiger partial charge < -0.3 is 9.73 Å². The van der Waals surface area contributed by atoms with Crippen molar-refractivity contribution < 1.29 is 17.6 Å². The molecule has 7 heteroatoms. The van der Waals surface area contributed by atoms with Crippen LogP contribution >= 0.6 is 0 Å². The van der Waals surface area contributed by atoms with Crippen molar-refractivity contribution in [1.29, 1.82) is 0 Å². The van der Waals surface area contributed by atoms with Gasteiger partial charge in [-0.3, -0.25) is 4.79 Å². The van der Waals surface area contributed by atoms with E-state index in [0.717, 1.165) is 0 Å². The van der Waals surface area contributed by atoms with E-state index < -0.39 is 9.84 Å². The molecular formula is C19H18N2O4S. The van der Waals surface area contributed by atoms with Crippen LogP contribution < -0.4 is 5.32 Å². The molecule has 1 amide bonds. The molecule has 1 heterocycles. The van der Waals surface area contributed by atoms with Crippen LogP contribution in [0.2, 0.25) is 0 Å². The lowest BCUT2D eigenvalue weighted by Gasteiger charge is -2.02. The Morgan fingerprint density at radius 1 is 1.08 bits per heavy atom. The minimum Gasteiger partial charge on any atom is -0.441 e. The van der Waals surface area contributed by atoms with Gasteiger partial charge in [0.15, 0.2) is 9.84 Å². The Morgan fingerprint density at radius 2 is 1.73 bits per heavy atom. The molecular weight excluding hydrogens is 352 g/mol. The van der Waals surface area contributed by atoms with Crippen molar-refractivity contribution in [3.63, 3.8) is 0 Å². The normalized spacial score (nSPS) is 11.3. The zero-order chi connectivity index (χ0) is 18.7. The number of nitrogens with zero attached hydrogens (tertiary/aromatic N) is 1. The number of aromatic nitrogens is 1. The number of benzene rings is 2. The Kier molecular flexibility index (Phi) is 4.90. The molecule has 0 radical (unpaired) electrons. The summed E-state index contributed by atoms with van der Waals surface area (Å²) in [5, 5.41) is 2.55. The van der Waals surface area contributed by atoms with E-state index in [0.29, 0.717) is 28.5 Å². The summed E-state index contributed by atoms with van der Waals surface area (Å²) >= 11 is 0. The van der Waals surface area contributed by atoms with Crippen LogP contribution in [-0.4, -0.2) is 26.4 Å². The van der Waals surface area contributed by atoms with Gasteiger partial charge in [0.1, 0.15) is 11.5 Å². The van der Waals surface area contributed by atoms with E-state index in [9.17, 15) is 13.2 Å². The minimum absolute atomic E-state index is 0.185. The second kappa shape index (κ2) is 7.13. The quantitative estimate of drug-likeness (QED) is 0.746. The Balaban J connectivity index is 1.87. The molecule has 3 rings (SSSR count). The molecule has 1 aromatic heterocycles. The molecule has 0 aliphatic heterocycles. The molecule has 0 unspecified atom stereocenters. The molecule has 3 aromatic rings. The topological polar surface area (TPSA) is 89.3 Å². The number of amides is 1. The molecule has 0 aliphatic rings. The van der Waals surface area contributed by atoms with Crippen molar-refractivity contribution in [3.8, 4) is 11.5 Å². The summed E-state index contributed by atoms with van der Waals surface area (Å²) in [4.78, 5) is 16.2. The fraction of sp³-hybridized carbons (Fsp3) is 0.158. The number of carbonyl (C=O) groups excluding carboxylic acids is 1. The van der Waals surface area contributed by atoms with Crippen molar-refractivity contribution in [2.75, 3.05) is 7.05 Å². The summed E-state index contributed by atoms with van der Waals surface area (Å²) < 4.78 is 30.7. The maximum atomic E-state index is 12.5. The van der Waals surface area contributed by atoms with Crippen molar-refractivity contribution in [3.05, 3.63) is 71.6 Å². The molecule has 26 heavy (non-hydrogen) atoms. The Hall–Kier alpha value is -2.93. The summed E-state index contributed by atoms with van der Waals surface area (Å²) in [6.07, 6.45) is 0. The lowest BCUT2D eigenvalue weighted by Crippen LogP contribution is -2.17. The van der Waals surface area contributed by atoms with Gasteiger partial charge in [-0.25, -0.2) is 13.4 Å². The van der Waals surface area contributed by atoms with Gasteiger partial charge in [-0.05, 0) is 43.3 Å². The predicted molar refractivity (Wildman–Crippen MR) is 97.4 cm³/mol. The van der Waals surface area contributed by atoms with Crippen LogP contribution in [0.25, 0.3) is 11.5 Å². The number of hydrogen-bond donors (Lipinski definition) is 1. The van der Waals surface area contributed by atoms with E-state index in [1.165, 1.54) is 0 Å². The summed E-state index contributed by atoms with van der Waals surface area (Å²) in [6, 6.07) is 15.0. The molecule has 1 N–H and O–H groups in total. The summed E-state index contributed by atoms with van der Waals surface area (Å²) in [7, 11) is -1.94. The van der Waals surface area contributed by atoms with Crippen LogP contribution in [0, 0.1) is 6.92 Å². The van der Waals surface area contributed by atoms with Gasteiger partial charge in [0, 0.05) is 18.2 Å². The van der Waals surface area contributed by atoms with E-state index >= 15 is 0 Å². The monoisotopic (exact) mass is 370 g/mol.